The van der Waals surface area contributed by atoms with E-state index in [1.54, 1.807) is 34.0 Å². The van der Waals surface area contributed by atoms with E-state index in [-0.39, 0.29) is 11.9 Å². The maximum Gasteiger partial charge on any atom is 0.330 e. The second-order valence-electron chi connectivity index (χ2n) is 10.8. The number of carbonyl (C=O) groups is 2. The third kappa shape index (κ3) is 7.17. The predicted octanol–water partition coefficient (Wildman–Crippen LogP) is 3.87. The lowest BCUT2D eigenvalue weighted by Crippen LogP contribution is -2.47. The van der Waals surface area contributed by atoms with Crippen LogP contribution in [-0.2, 0) is 17.9 Å². The number of likely N-dealkylation sites (N-methyl/N-ethyl adjacent to an activating group) is 3. The molecule has 2 aromatic carbocycles. The molecule has 0 aliphatic carbocycles. The molecule has 42 heavy (non-hydrogen) atoms. The van der Waals surface area contributed by atoms with Gasteiger partial charge in [0.15, 0.2) is 5.82 Å². The minimum atomic E-state index is -0.727. The van der Waals surface area contributed by atoms with E-state index in [0.717, 1.165) is 11.1 Å². The van der Waals surface area contributed by atoms with Gasteiger partial charge < -0.3 is 30.7 Å². The maximum absolute atomic E-state index is 14.1. The number of anilines is 4. The van der Waals surface area contributed by atoms with E-state index in [1.165, 1.54) is 6.21 Å². The minimum Gasteiger partial charge on any atom is -0.343 e. The van der Waals surface area contributed by atoms with Crippen LogP contribution in [0.5, 0.6) is 0 Å². The van der Waals surface area contributed by atoms with Crippen LogP contribution in [0.25, 0.3) is 0 Å². The standard InChI is InChI=1S/C31H39N9O2/c1-31(21-32,22-33-2)36-29-34-18-24-20-39(19-23-11-7-6-8-12-23)30(42)40(28(24)35-29)26-14-9-13-25(17-26)38(5)27(41)15-10-16-37(3)4/h6-15,17-18,21,32-33H,16,19-20,22H2,1-5H3,(H,34,35,36)/b15-10+,32-21?. The lowest BCUT2D eigenvalue weighted by Gasteiger charge is -2.37. The molecule has 0 fully saturated rings. The van der Waals surface area contributed by atoms with Crippen LogP contribution in [0, 0.1) is 5.41 Å². The van der Waals surface area contributed by atoms with Crippen LogP contribution in [0.4, 0.5) is 27.9 Å². The summed E-state index contributed by atoms with van der Waals surface area (Å²) in [5.41, 5.74) is 2.27. The Bertz CT molecular complexity index is 1440. The topological polar surface area (TPSA) is 121 Å². The highest BCUT2D eigenvalue weighted by atomic mass is 16.2. The molecular formula is C31H39N9O2. The van der Waals surface area contributed by atoms with Gasteiger partial charge in [0.2, 0.25) is 11.9 Å². The summed E-state index contributed by atoms with van der Waals surface area (Å²) in [6, 6.07) is 16.9. The zero-order chi connectivity index (χ0) is 30.3. The number of nitrogens with zero attached hydrogens (tertiary/aromatic N) is 6. The fraction of sp³-hybridized carbons (Fsp3) is 0.323. The Kier molecular flexibility index (Phi) is 9.66. The van der Waals surface area contributed by atoms with Crippen molar-refractivity contribution in [3.63, 3.8) is 0 Å². The SMILES string of the molecule is CNCC(C)(C=N)Nc1ncc2c(n1)N(c1cccc(N(C)C(=O)/C=C/CN(C)C)c1)C(=O)N(Cc1ccccc1)C2. The highest BCUT2D eigenvalue weighted by molar-refractivity contribution is 6.04. The number of hydrogen-bond acceptors (Lipinski definition) is 8. The number of hydrogen-bond donors (Lipinski definition) is 3. The van der Waals surface area contributed by atoms with E-state index >= 15 is 0 Å². The molecule has 1 atom stereocenters. The number of nitrogens with one attached hydrogen (secondary N) is 3. The molecule has 3 amide bonds. The highest BCUT2D eigenvalue weighted by Crippen LogP contribution is 2.36. The Balaban J connectivity index is 1.73. The largest absolute Gasteiger partial charge is 0.343 e. The van der Waals surface area contributed by atoms with Crippen molar-refractivity contribution >= 4 is 41.3 Å². The average Bonchev–Trinajstić information content (AvgIpc) is 2.98. The number of fused-ring (bicyclic) bond motifs is 1. The molecule has 1 aliphatic heterocycles. The molecule has 4 rings (SSSR count). The number of rotatable bonds is 12. The van der Waals surface area contributed by atoms with E-state index < -0.39 is 5.54 Å². The van der Waals surface area contributed by atoms with Gasteiger partial charge in [-0.05, 0) is 51.8 Å². The molecule has 0 saturated heterocycles. The first-order valence-corrected chi connectivity index (χ1v) is 13.8. The lowest BCUT2D eigenvalue weighted by molar-refractivity contribution is -0.113. The van der Waals surface area contributed by atoms with Gasteiger partial charge in [-0.2, -0.15) is 4.98 Å². The molecule has 1 aromatic heterocycles. The van der Waals surface area contributed by atoms with Crippen molar-refractivity contribution in [2.75, 3.05) is 56.4 Å². The summed E-state index contributed by atoms with van der Waals surface area (Å²) < 4.78 is 0. The minimum absolute atomic E-state index is 0.172. The van der Waals surface area contributed by atoms with Gasteiger partial charge in [-0.1, -0.05) is 42.5 Å². The second-order valence-corrected chi connectivity index (χ2v) is 10.8. The molecule has 2 heterocycles. The van der Waals surface area contributed by atoms with Gasteiger partial charge in [0.1, 0.15) is 0 Å². The van der Waals surface area contributed by atoms with Gasteiger partial charge in [-0.25, -0.2) is 14.7 Å². The molecule has 11 heteroatoms. The van der Waals surface area contributed by atoms with Crippen molar-refractivity contribution in [2.45, 2.75) is 25.6 Å². The Morgan fingerprint density at radius 3 is 2.60 bits per heavy atom. The van der Waals surface area contributed by atoms with Gasteiger partial charge >= 0.3 is 6.03 Å². The normalized spacial score (nSPS) is 14.6. The van der Waals surface area contributed by atoms with Crippen molar-refractivity contribution in [2.24, 2.45) is 0 Å². The molecule has 3 N–H and O–H groups in total. The molecule has 220 valence electrons. The van der Waals surface area contributed by atoms with Gasteiger partial charge in [0.25, 0.3) is 0 Å². The molecule has 11 nitrogen and oxygen atoms in total. The predicted molar refractivity (Wildman–Crippen MR) is 168 cm³/mol. The number of benzene rings is 2. The van der Waals surface area contributed by atoms with Crippen molar-refractivity contribution in [1.82, 2.24) is 25.1 Å². The van der Waals surface area contributed by atoms with Gasteiger partial charge in [0.05, 0.1) is 17.8 Å². The lowest BCUT2D eigenvalue weighted by atomic mass is 10.1. The number of aromatic nitrogens is 2. The molecule has 0 bridgehead atoms. The van der Waals surface area contributed by atoms with E-state index in [0.29, 0.717) is 49.3 Å². The zero-order valence-electron chi connectivity index (χ0n) is 24.8. The third-order valence-electron chi connectivity index (χ3n) is 6.89. The Labute approximate surface area is 247 Å². The first-order chi connectivity index (χ1) is 20.1. The van der Waals surface area contributed by atoms with Crippen LogP contribution < -0.4 is 20.4 Å². The monoisotopic (exact) mass is 569 g/mol. The zero-order valence-corrected chi connectivity index (χ0v) is 24.8. The third-order valence-corrected chi connectivity index (χ3v) is 6.89. The van der Waals surface area contributed by atoms with E-state index in [1.807, 2.05) is 93.6 Å². The van der Waals surface area contributed by atoms with Gasteiger partial charge in [-0.3, -0.25) is 4.79 Å². The summed E-state index contributed by atoms with van der Waals surface area (Å²) in [7, 11) is 7.39. The number of urea groups is 1. The van der Waals surface area contributed by atoms with Crippen LogP contribution in [0.1, 0.15) is 18.1 Å². The smallest absolute Gasteiger partial charge is 0.330 e. The van der Waals surface area contributed by atoms with Crippen LogP contribution >= 0.6 is 0 Å². The van der Waals surface area contributed by atoms with E-state index in [9.17, 15) is 9.59 Å². The molecule has 0 saturated carbocycles. The molecule has 0 radical (unpaired) electrons. The summed E-state index contributed by atoms with van der Waals surface area (Å²) in [5, 5.41) is 14.2. The Hall–Kier alpha value is -4.61. The quantitative estimate of drug-likeness (QED) is 0.224. The highest BCUT2D eigenvalue weighted by Gasteiger charge is 2.34. The molecular weight excluding hydrogens is 530 g/mol. The second kappa shape index (κ2) is 13.4. The van der Waals surface area contributed by atoms with Crippen molar-refractivity contribution in [1.29, 1.82) is 5.41 Å². The molecule has 3 aromatic rings. The summed E-state index contributed by atoms with van der Waals surface area (Å²) in [6.07, 6.45) is 6.39. The first-order valence-electron chi connectivity index (χ1n) is 13.8. The van der Waals surface area contributed by atoms with Crippen molar-refractivity contribution in [3.8, 4) is 0 Å². The fourth-order valence-corrected chi connectivity index (χ4v) is 4.63. The fourth-order valence-electron chi connectivity index (χ4n) is 4.63. The average molecular weight is 570 g/mol. The Morgan fingerprint density at radius 2 is 1.90 bits per heavy atom. The number of amides is 3. The van der Waals surface area contributed by atoms with Crippen LogP contribution in [0.15, 0.2) is 72.9 Å². The van der Waals surface area contributed by atoms with Gasteiger partial charge in [-0.15, -0.1) is 0 Å². The summed E-state index contributed by atoms with van der Waals surface area (Å²) in [6.45, 7) is 3.76. The van der Waals surface area contributed by atoms with E-state index in [2.05, 4.69) is 15.6 Å². The summed E-state index contributed by atoms with van der Waals surface area (Å²) in [5.74, 6) is 0.587. The first kappa shape index (κ1) is 30.4. The molecule has 1 unspecified atom stereocenters. The molecule has 1 aliphatic rings. The van der Waals surface area contributed by atoms with Gasteiger partial charge in [0, 0.05) is 56.4 Å². The number of carbonyl (C=O) groups excluding carboxylic acids is 2. The molecule has 0 spiro atoms. The van der Waals surface area contributed by atoms with Crippen LogP contribution in [-0.4, -0.2) is 84.7 Å². The summed E-state index contributed by atoms with van der Waals surface area (Å²) >= 11 is 0. The summed E-state index contributed by atoms with van der Waals surface area (Å²) in [4.78, 5) is 43.1. The van der Waals surface area contributed by atoms with Crippen molar-refractivity contribution < 1.29 is 9.59 Å². The Morgan fingerprint density at radius 1 is 1.14 bits per heavy atom. The maximum atomic E-state index is 14.1. The van der Waals surface area contributed by atoms with Crippen LogP contribution in [0.2, 0.25) is 0 Å². The van der Waals surface area contributed by atoms with E-state index in [4.69, 9.17) is 10.4 Å². The van der Waals surface area contributed by atoms with Crippen LogP contribution in [0.3, 0.4) is 0 Å². The van der Waals surface area contributed by atoms with Crippen molar-refractivity contribution in [3.05, 3.63) is 84.1 Å².